The van der Waals surface area contributed by atoms with Crippen molar-refractivity contribution in [1.29, 1.82) is 0 Å². The Hall–Kier alpha value is -1.89. The molecule has 0 aliphatic heterocycles. The van der Waals surface area contributed by atoms with Gasteiger partial charge in [-0.25, -0.2) is 9.37 Å². The lowest BCUT2D eigenvalue weighted by Crippen LogP contribution is -2.28. The van der Waals surface area contributed by atoms with Crippen LogP contribution >= 0.6 is 11.6 Å². The number of halogens is 5. The summed E-state index contributed by atoms with van der Waals surface area (Å²) in [5.74, 6) is -3.67. The molecule has 1 aliphatic carbocycles. The zero-order chi connectivity index (χ0) is 15.6. The molecule has 8 heteroatoms. The van der Waals surface area contributed by atoms with E-state index in [9.17, 15) is 22.4 Å². The third-order valence-corrected chi connectivity index (χ3v) is 3.06. The van der Waals surface area contributed by atoms with Crippen LogP contribution in [0.1, 0.15) is 16.8 Å². The first kappa shape index (κ1) is 15.5. The van der Waals surface area contributed by atoms with Gasteiger partial charge in [0, 0.05) is 6.20 Å². The fourth-order valence-corrected chi connectivity index (χ4v) is 1.83. The van der Waals surface area contributed by atoms with Gasteiger partial charge >= 0.3 is 6.18 Å². The molecule has 1 N–H and O–H groups in total. The van der Waals surface area contributed by atoms with Gasteiger partial charge in [-0.2, -0.15) is 13.2 Å². The van der Waals surface area contributed by atoms with Crippen molar-refractivity contribution in [3.8, 4) is 0 Å². The first-order valence-electron chi connectivity index (χ1n) is 5.85. The van der Waals surface area contributed by atoms with Crippen LogP contribution in [-0.4, -0.2) is 17.1 Å². The van der Waals surface area contributed by atoms with Crippen LogP contribution in [0.5, 0.6) is 0 Å². The van der Waals surface area contributed by atoms with Gasteiger partial charge in [0.15, 0.2) is 0 Å². The van der Waals surface area contributed by atoms with Gasteiger partial charge in [-0.15, -0.1) is 0 Å². The summed E-state index contributed by atoms with van der Waals surface area (Å²) in [4.78, 5) is 15.5. The molecule has 2 rings (SSSR count). The molecular formula is C13H9ClF4N2O. The van der Waals surface area contributed by atoms with Crippen LogP contribution in [0.3, 0.4) is 0 Å². The highest BCUT2D eigenvalue weighted by Crippen LogP contribution is 2.35. The molecule has 0 bridgehead atoms. The number of alkyl halides is 3. The minimum absolute atomic E-state index is 0.117. The Kier molecular flexibility index (Phi) is 4.32. The number of amides is 1. The van der Waals surface area contributed by atoms with E-state index in [1.807, 2.05) is 0 Å². The summed E-state index contributed by atoms with van der Waals surface area (Å²) in [6.45, 7) is 0. The molecule has 21 heavy (non-hydrogen) atoms. The lowest BCUT2D eigenvalue weighted by atomic mass is 9.98. The van der Waals surface area contributed by atoms with Gasteiger partial charge in [0.05, 0.1) is 17.2 Å². The molecule has 0 saturated carbocycles. The molecule has 0 aromatic carbocycles. The third-order valence-electron chi connectivity index (χ3n) is 2.84. The van der Waals surface area contributed by atoms with E-state index in [1.165, 1.54) is 18.3 Å². The summed E-state index contributed by atoms with van der Waals surface area (Å²) in [6, 6.07) is 2.74. The SMILES string of the molecule is O=C(NC1=CCC(C(F)(F)F)C=C1F)c1ccc(Cl)nc1. The van der Waals surface area contributed by atoms with E-state index in [1.54, 1.807) is 0 Å². The van der Waals surface area contributed by atoms with E-state index in [-0.39, 0.29) is 16.4 Å². The summed E-state index contributed by atoms with van der Waals surface area (Å²) in [7, 11) is 0. The van der Waals surface area contributed by atoms with E-state index < -0.39 is 30.2 Å². The molecule has 112 valence electrons. The number of nitrogens with zero attached hydrogens (tertiary/aromatic N) is 1. The third kappa shape index (κ3) is 3.81. The lowest BCUT2D eigenvalue weighted by Gasteiger charge is -2.20. The number of nitrogens with one attached hydrogen (secondary N) is 1. The molecule has 1 unspecified atom stereocenters. The van der Waals surface area contributed by atoms with Gasteiger partial charge in [0.25, 0.3) is 5.91 Å². The number of aromatic nitrogens is 1. The minimum Gasteiger partial charge on any atom is -0.320 e. The second kappa shape index (κ2) is 5.85. The van der Waals surface area contributed by atoms with E-state index in [2.05, 4.69) is 10.3 Å². The van der Waals surface area contributed by atoms with Gasteiger partial charge in [-0.1, -0.05) is 17.7 Å². The number of allylic oxidation sites excluding steroid dienone is 3. The van der Waals surface area contributed by atoms with E-state index in [4.69, 9.17) is 11.6 Å². The monoisotopic (exact) mass is 320 g/mol. The normalized spacial score (nSPS) is 18.8. The Labute approximate surface area is 122 Å². The van der Waals surface area contributed by atoms with Crippen LogP contribution in [0.2, 0.25) is 5.15 Å². The Bertz CT molecular complexity index is 608. The molecule has 0 radical (unpaired) electrons. The number of pyridine rings is 1. The molecule has 1 aliphatic rings. The molecule has 1 aromatic rings. The van der Waals surface area contributed by atoms with Crippen LogP contribution in [0.4, 0.5) is 17.6 Å². The van der Waals surface area contributed by atoms with Crippen molar-refractivity contribution < 1.29 is 22.4 Å². The van der Waals surface area contributed by atoms with Crippen LogP contribution in [0.25, 0.3) is 0 Å². The maximum atomic E-state index is 13.6. The van der Waals surface area contributed by atoms with Crippen LogP contribution in [0.15, 0.2) is 42.0 Å². The number of rotatable bonds is 2. The predicted molar refractivity (Wildman–Crippen MR) is 68.1 cm³/mol. The van der Waals surface area contributed by atoms with Crippen LogP contribution in [0, 0.1) is 5.92 Å². The molecule has 0 fully saturated rings. The maximum absolute atomic E-state index is 13.6. The highest BCUT2D eigenvalue weighted by molar-refractivity contribution is 6.29. The fraction of sp³-hybridized carbons (Fsp3) is 0.231. The fourth-order valence-electron chi connectivity index (χ4n) is 1.72. The van der Waals surface area contributed by atoms with Crippen LogP contribution < -0.4 is 5.32 Å². The van der Waals surface area contributed by atoms with Crippen molar-refractivity contribution >= 4 is 17.5 Å². The smallest absolute Gasteiger partial charge is 0.320 e. The summed E-state index contributed by atoms with van der Waals surface area (Å²) >= 11 is 5.56. The summed E-state index contributed by atoms with van der Waals surface area (Å²) < 4.78 is 51.0. The van der Waals surface area contributed by atoms with Crippen molar-refractivity contribution in [2.45, 2.75) is 12.6 Å². The quantitative estimate of drug-likeness (QED) is 0.665. The van der Waals surface area contributed by atoms with Gasteiger partial charge in [-0.05, 0) is 24.6 Å². The number of hydrogen-bond donors (Lipinski definition) is 1. The van der Waals surface area contributed by atoms with E-state index in [0.717, 1.165) is 6.08 Å². The molecule has 1 amide bonds. The largest absolute Gasteiger partial charge is 0.395 e. The first-order chi connectivity index (χ1) is 9.77. The number of carbonyl (C=O) groups excluding carboxylic acids is 1. The molecule has 1 aromatic heterocycles. The van der Waals surface area contributed by atoms with Crippen molar-refractivity contribution in [2.75, 3.05) is 0 Å². The van der Waals surface area contributed by atoms with Crippen molar-refractivity contribution in [2.24, 2.45) is 5.92 Å². The summed E-state index contributed by atoms with van der Waals surface area (Å²) in [6.07, 6.45) is -2.29. The Morgan fingerprint density at radius 1 is 1.38 bits per heavy atom. The van der Waals surface area contributed by atoms with Gasteiger partial charge in [-0.3, -0.25) is 4.79 Å². The Morgan fingerprint density at radius 3 is 2.62 bits per heavy atom. The molecule has 1 atom stereocenters. The van der Waals surface area contributed by atoms with Crippen molar-refractivity contribution in [3.63, 3.8) is 0 Å². The first-order valence-corrected chi connectivity index (χ1v) is 6.22. The Balaban J connectivity index is 2.08. The standard InChI is InChI=1S/C13H9ClF4N2O/c14-11-4-1-7(6-19-11)12(21)20-10-3-2-8(5-9(10)15)13(16,17)18/h1,3-6,8H,2H2,(H,20,21). The van der Waals surface area contributed by atoms with Gasteiger partial charge in [0.2, 0.25) is 0 Å². The number of hydrogen-bond acceptors (Lipinski definition) is 2. The molecule has 0 saturated heterocycles. The zero-order valence-corrected chi connectivity index (χ0v) is 11.2. The highest BCUT2D eigenvalue weighted by Gasteiger charge is 2.39. The van der Waals surface area contributed by atoms with Crippen LogP contribution in [-0.2, 0) is 0 Å². The predicted octanol–water partition coefficient (Wildman–Crippen LogP) is 3.78. The van der Waals surface area contributed by atoms with Gasteiger partial charge < -0.3 is 5.32 Å². The second-order valence-corrected chi connectivity index (χ2v) is 4.73. The lowest BCUT2D eigenvalue weighted by molar-refractivity contribution is -0.160. The van der Waals surface area contributed by atoms with E-state index in [0.29, 0.717) is 6.08 Å². The Morgan fingerprint density at radius 2 is 2.10 bits per heavy atom. The minimum atomic E-state index is -4.51. The molecular weight excluding hydrogens is 312 g/mol. The topological polar surface area (TPSA) is 42.0 Å². The van der Waals surface area contributed by atoms with Crippen molar-refractivity contribution in [3.05, 3.63) is 52.7 Å². The molecule has 1 heterocycles. The summed E-state index contributed by atoms with van der Waals surface area (Å²) in [5.41, 5.74) is -0.165. The summed E-state index contributed by atoms with van der Waals surface area (Å²) in [5, 5.41) is 2.39. The van der Waals surface area contributed by atoms with Gasteiger partial charge in [0.1, 0.15) is 11.0 Å². The average molecular weight is 321 g/mol. The number of carbonyl (C=O) groups is 1. The van der Waals surface area contributed by atoms with Crippen molar-refractivity contribution in [1.82, 2.24) is 10.3 Å². The second-order valence-electron chi connectivity index (χ2n) is 4.34. The zero-order valence-electron chi connectivity index (χ0n) is 10.4. The van der Waals surface area contributed by atoms with E-state index >= 15 is 0 Å². The average Bonchev–Trinajstić information content (AvgIpc) is 2.40. The highest BCUT2D eigenvalue weighted by atomic mass is 35.5. The molecule has 3 nitrogen and oxygen atoms in total. The molecule has 0 spiro atoms. The maximum Gasteiger partial charge on any atom is 0.395 e.